The van der Waals surface area contributed by atoms with E-state index in [1.807, 2.05) is 24.3 Å². The predicted octanol–water partition coefficient (Wildman–Crippen LogP) is 5.08. The first-order valence-corrected chi connectivity index (χ1v) is 8.32. The van der Waals surface area contributed by atoms with Gasteiger partial charge in [-0.05, 0) is 49.1 Å². The molecule has 116 valence electrons. The van der Waals surface area contributed by atoms with E-state index in [0.717, 1.165) is 28.2 Å². The van der Waals surface area contributed by atoms with Gasteiger partial charge in [0, 0.05) is 17.4 Å². The first-order valence-electron chi connectivity index (χ1n) is 7.50. The zero-order valence-electron chi connectivity index (χ0n) is 13.6. The molecule has 0 fully saturated rings. The second-order valence-electron chi connectivity index (χ2n) is 5.39. The third kappa shape index (κ3) is 4.14. The van der Waals surface area contributed by atoms with Crippen LogP contribution in [-0.2, 0) is 17.8 Å². The minimum Gasteiger partial charge on any atom is -0.489 e. The first-order chi connectivity index (χ1) is 10.5. The Hall–Kier alpha value is -1.74. The first kappa shape index (κ1) is 16.6. The van der Waals surface area contributed by atoms with Gasteiger partial charge in [-0.2, -0.15) is 0 Å². The molecule has 3 heteroatoms. The third-order valence-corrected chi connectivity index (χ3v) is 4.53. The molecule has 0 saturated heterocycles. The fourth-order valence-electron chi connectivity index (χ4n) is 2.42. The Morgan fingerprint density at radius 2 is 1.82 bits per heavy atom. The summed E-state index contributed by atoms with van der Waals surface area (Å²) < 4.78 is 6.00. The standard InChI is InChI=1S/C19H22O2S/c1-5-16-10-14(3)18(11-13(16)2)21-12-17-8-6-7-9-19(17)22-15(4)20/h6-11H,5,12H2,1-4H3. The van der Waals surface area contributed by atoms with E-state index in [1.165, 1.54) is 22.9 Å². The van der Waals surface area contributed by atoms with Crippen LogP contribution in [-0.4, -0.2) is 5.12 Å². The monoisotopic (exact) mass is 314 g/mol. The lowest BCUT2D eigenvalue weighted by atomic mass is 10.0. The maximum atomic E-state index is 11.3. The van der Waals surface area contributed by atoms with Crippen LogP contribution in [0.5, 0.6) is 5.75 Å². The fraction of sp³-hybridized carbons (Fsp3) is 0.316. The number of thioether (sulfide) groups is 1. The second-order valence-corrected chi connectivity index (χ2v) is 6.61. The lowest BCUT2D eigenvalue weighted by molar-refractivity contribution is -0.109. The lowest BCUT2D eigenvalue weighted by Crippen LogP contribution is -2.01. The van der Waals surface area contributed by atoms with E-state index in [1.54, 1.807) is 6.92 Å². The average Bonchev–Trinajstić information content (AvgIpc) is 2.48. The smallest absolute Gasteiger partial charge is 0.190 e. The summed E-state index contributed by atoms with van der Waals surface area (Å²) in [4.78, 5) is 12.3. The molecule has 0 spiro atoms. The summed E-state index contributed by atoms with van der Waals surface area (Å²) in [5, 5.41) is 0.0896. The maximum Gasteiger partial charge on any atom is 0.190 e. The summed E-state index contributed by atoms with van der Waals surface area (Å²) >= 11 is 1.25. The van der Waals surface area contributed by atoms with Crippen molar-refractivity contribution in [2.75, 3.05) is 0 Å². The Balaban J connectivity index is 2.17. The molecule has 2 rings (SSSR count). The molecule has 2 nitrogen and oxygen atoms in total. The molecular formula is C19H22O2S. The molecule has 22 heavy (non-hydrogen) atoms. The second kappa shape index (κ2) is 7.50. The quantitative estimate of drug-likeness (QED) is 0.720. The molecule has 0 amide bonds. The molecular weight excluding hydrogens is 292 g/mol. The number of hydrogen-bond acceptors (Lipinski definition) is 3. The van der Waals surface area contributed by atoms with Gasteiger partial charge in [-0.1, -0.05) is 43.0 Å². The van der Waals surface area contributed by atoms with Gasteiger partial charge in [0.15, 0.2) is 5.12 Å². The highest BCUT2D eigenvalue weighted by Gasteiger charge is 2.08. The van der Waals surface area contributed by atoms with Gasteiger partial charge in [-0.25, -0.2) is 0 Å². The normalized spacial score (nSPS) is 10.5. The Morgan fingerprint density at radius 3 is 2.50 bits per heavy atom. The van der Waals surface area contributed by atoms with Crippen LogP contribution >= 0.6 is 11.8 Å². The molecule has 2 aromatic rings. The highest BCUT2D eigenvalue weighted by Crippen LogP contribution is 2.27. The van der Waals surface area contributed by atoms with Crippen molar-refractivity contribution in [3.8, 4) is 5.75 Å². The largest absolute Gasteiger partial charge is 0.489 e. The van der Waals surface area contributed by atoms with E-state index in [-0.39, 0.29) is 5.12 Å². The van der Waals surface area contributed by atoms with Crippen LogP contribution in [0.25, 0.3) is 0 Å². The molecule has 0 saturated carbocycles. The van der Waals surface area contributed by atoms with Crippen molar-refractivity contribution in [2.45, 2.75) is 45.6 Å². The van der Waals surface area contributed by atoms with E-state index >= 15 is 0 Å². The van der Waals surface area contributed by atoms with Gasteiger partial charge in [0.05, 0.1) is 0 Å². The molecule has 0 atom stereocenters. The highest BCUT2D eigenvalue weighted by atomic mass is 32.2. The molecule has 0 radical (unpaired) electrons. The van der Waals surface area contributed by atoms with Crippen LogP contribution in [0.4, 0.5) is 0 Å². The summed E-state index contributed by atoms with van der Waals surface area (Å²) in [5.41, 5.74) is 4.81. The topological polar surface area (TPSA) is 26.3 Å². The van der Waals surface area contributed by atoms with Gasteiger partial charge in [-0.3, -0.25) is 4.79 Å². The number of rotatable bonds is 5. The molecule has 0 N–H and O–H groups in total. The molecule has 0 aromatic heterocycles. The number of hydrogen-bond donors (Lipinski definition) is 0. The fourth-order valence-corrected chi connectivity index (χ4v) is 3.13. The Morgan fingerprint density at radius 1 is 1.09 bits per heavy atom. The van der Waals surface area contributed by atoms with Crippen LogP contribution in [0.2, 0.25) is 0 Å². The average molecular weight is 314 g/mol. The minimum atomic E-state index is 0.0896. The lowest BCUT2D eigenvalue weighted by Gasteiger charge is -2.14. The van der Waals surface area contributed by atoms with Gasteiger partial charge < -0.3 is 4.74 Å². The third-order valence-electron chi connectivity index (χ3n) is 3.62. The summed E-state index contributed by atoms with van der Waals surface area (Å²) in [5.74, 6) is 0.914. The van der Waals surface area contributed by atoms with Gasteiger partial charge in [-0.15, -0.1) is 0 Å². The number of carbonyl (C=O) groups excluding carboxylic acids is 1. The Bertz CT molecular complexity index is 677. The molecule has 2 aromatic carbocycles. The van der Waals surface area contributed by atoms with Crippen LogP contribution < -0.4 is 4.74 Å². The zero-order chi connectivity index (χ0) is 16.1. The SMILES string of the molecule is CCc1cc(C)c(OCc2ccccc2SC(C)=O)cc1C. The maximum absolute atomic E-state index is 11.3. The van der Waals surface area contributed by atoms with Crippen LogP contribution in [0.15, 0.2) is 41.3 Å². The summed E-state index contributed by atoms with van der Waals surface area (Å²) in [6.45, 7) is 8.41. The van der Waals surface area contributed by atoms with Gasteiger partial charge in [0.1, 0.15) is 12.4 Å². The van der Waals surface area contributed by atoms with Crippen LogP contribution in [0, 0.1) is 13.8 Å². The highest BCUT2D eigenvalue weighted by molar-refractivity contribution is 8.13. The van der Waals surface area contributed by atoms with Crippen molar-refractivity contribution < 1.29 is 9.53 Å². The van der Waals surface area contributed by atoms with Crippen LogP contribution in [0.3, 0.4) is 0 Å². The van der Waals surface area contributed by atoms with Crippen molar-refractivity contribution in [3.05, 3.63) is 58.7 Å². The van der Waals surface area contributed by atoms with Crippen molar-refractivity contribution in [2.24, 2.45) is 0 Å². The van der Waals surface area contributed by atoms with Crippen molar-refractivity contribution in [3.63, 3.8) is 0 Å². The predicted molar refractivity (Wildman–Crippen MR) is 92.6 cm³/mol. The van der Waals surface area contributed by atoms with E-state index in [9.17, 15) is 4.79 Å². The molecule has 0 bridgehead atoms. The van der Waals surface area contributed by atoms with E-state index < -0.39 is 0 Å². The van der Waals surface area contributed by atoms with Gasteiger partial charge in [0.25, 0.3) is 0 Å². The van der Waals surface area contributed by atoms with Gasteiger partial charge >= 0.3 is 0 Å². The molecule has 0 unspecified atom stereocenters. The van der Waals surface area contributed by atoms with Crippen molar-refractivity contribution in [1.82, 2.24) is 0 Å². The summed E-state index contributed by atoms with van der Waals surface area (Å²) in [7, 11) is 0. The number of aryl methyl sites for hydroxylation is 3. The Kier molecular flexibility index (Phi) is 5.67. The van der Waals surface area contributed by atoms with E-state index in [2.05, 4.69) is 32.9 Å². The molecule has 0 aliphatic rings. The van der Waals surface area contributed by atoms with Crippen molar-refractivity contribution in [1.29, 1.82) is 0 Å². The number of ether oxygens (including phenoxy) is 1. The zero-order valence-corrected chi connectivity index (χ0v) is 14.4. The number of benzene rings is 2. The molecule has 0 aliphatic heterocycles. The number of carbonyl (C=O) groups is 1. The minimum absolute atomic E-state index is 0.0896. The summed E-state index contributed by atoms with van der Waals surface area (Å²) in [6.07, 6.45) is 1.03. The van der Waals surface area contributed by atoms with Crippen molar-refractivity contribution >= 4 is 16.9 Å². The molecule has 0 aliphatic carbocycles. The molecule has 0 heterocycles. The van der Waals surface area contributed by atoms with E-state index in [4.69, 9.17) is 4.74 Å². The summed E-state index contributed by atoms with van der Waals surface area (Å²) in [6, 6.07) is 12.2. The van der Waals surface area contributed by atoms with Crippen LogP contribution in [0.1, 0.15) is 36.1 Å². The van der Waals surface area contributed by atoms with E-state index in [0.29, 0.717) is 6.61 Å². The Labute approximate surface area is 136 Å². The van der Waals surface area contributed by atoms with Gasteiger partial charge in [0.2, 0.25) is 0 Å².